The number of H-pyrrole nitrogens is 1. The molecular weight excluding hydrogens is 494 g/mol. The average Bonchev–Trinajstić information content (AvgIpc) is 3.61. The van der Waals surface area contributed by atoms with Gasteiger partial charge in [-0.15, -0.1) is 11.8 Å². The van der Waals surface area contributed by atoms with Gasteiger partial charge in [0.05, 0.1) is 18.3 Å². The van der Waals surface area contributed by atoms with Crippen LogP contribution in [0.1, 0.15) is 57.9 Å². The van der Waals surface area contributed by atoms with Gasteiger partial charge in [-0.3, -0.25) is 9.48 Å². The number of fused-ring (bicyclic) bond motifs is 1. The number of thioether (sulfide) groups is 1. The average molecular weight is 532 g/mol. The third kappa shape index (κ3) is 5.04. The molecule has 0 atom stereocenters. The second-order valence-electron chi connectivity index (χ2n) is 10.6. The second-order valence-corrected chi connectivity index (χ2v) is 11.9. The molecule has 0 amide bonds. The van der Waals surface area contributed by atoms with Gasteiger partial charge in [-0.1, -0.05) is 13.3 Å². The van der Waals surface area contributed by atoms with Gasteiger partial charge in [0.2, 0.25) is 0 Å². The van der Waals surface area contributed by atoms with Gasteiger partial charge in [-0.25, -0.2) is 0 Å². The quantitative estimate of drug-likeness (QED) is 0.280. The zero-order chi connectivity index (χ0) is 26.1. The number of aryl methyl sites for hydroxylation is 1. The van der Waals surface area contributed by atoms with Crippen molar-refractivity contribution in [2.75, 3.05) is 18.8 Å². The van der Waals surface area contributed by atoms with Gasteiger partial charge in [-0.05, 0) is 81.6 Å². The van der Waals surface area contributed by atoms with Gasteiger partial charge in [0.25, 0.3) is 5.56 Å². The number of aromatic nitrogens is 4. The van der Waals surface area contributed by atoms with Crippen molar-refractivity contribution in [1.29, 1.82) is 0 Å². The first-order valence-corrected chi connectivity index (χ1v) is 15.0. The summed E-state index contributed by atoms with van der Waals surface area (Å²) in [5, 5.41) is 9.02. The van der Waals surface area contributed by atoms with Crippen LogP contribution in [-0.4, -0.2) is 44.3 Å². The summed E-state index contributed by atoms with van der Waals surface area (Å²) in [5.74, 6) is 1.90. The third-order valence-corrected chi connectivity index (χ3v) is 8.83. The summed E-state index contributed by atoms with van der Waals surface area (Å²) in [6.45, 7) is 4.21. The van der Waals surface area contributed by atoms with Gasteiger partial charge in [0.1, 0.15) is 11.3 Å². The third-order valence-electron chi connectivity index (χ3n) is 7.96. The molecule has 38 heavy (non-hydrogen) atoms. The van der Waals surface area contributed by atoms with Gasteiger partial charge in [-0.2, -0.15) is 5.10 Å². The minimum Gasteiger partial charge on any atom is -0.490 e. The monoisotopic (exact) mass is 531 g/mol. The molecule has 7 nitrogen and oxygen atoms in total. The van der Waals surface area contributed by atoms with E-state index in [1.807, 2.05) is 31.2 Å². The summed E-state index contributed by atoms with van der Waals surface area (Å²) in [6.07, 6.45) is 14.3. The second kappa shape index (κ2) is 11.0. The number of hydrogen-bond acceptors (Lipinski definition) is 5. The number of ether oxygens (including phenoxy) is 1. The predicted molar refractivity (Wildman–Crippen MR) is 155 cm³/mol. The van der Waals surface area contributed by atoms with E-state index in [0.29, 0.717) is 11.6 Å². The summed E-state index contributed by atoms with van der Waals surface area (Å²) in [7, 11) is 1.83. The van der Waals surface area contributed by atoms with Crippen LogP contribution in [0.25, 0.3) is 33.3 Å². The first-order valence-electron chi connectivity index (χ1n) is 14.0. The molecule has 2 aliphatic rings. The molecule has 4 aromatic rings. The van der Waals surface area contributed by atoms with Crippen LogP contribution in [0.5, 0.6) is 5.75 Å². The Morgan fingerprint density at radius 2 is 1.87 bits per heavy atom. The highest BCUT2D eigenvalue weighted by molar-refractivity contribution is 7.99. The molecule has 3 aromatic heterocycles. The zero-order valence-corrected chi connectivity index (χ0v) is 23.2. The highest BCUT2D eigenvalue weighted by Gasteiger charge is 2.22. The normalized spacial score (nSPS) is 17.3. The van der Waals surface area contributed by atoms with E-state index < -0.39 is 0 Å². The number of nitrogens with one attached hydrogen (secondary N) is 2. The van der Waals surface area contributed by atoms with E-state index in [0.717, 1.165) is 78.0 Å². The number of piperidine rings is 1. The summed E-state index contributed by atoms with van der Waals surface area (Å²) >= 11 is 1.82. The summed E-state index contributed by atoms with van der Waals surface area (Å²) in [6, 6.07) is 9.03. The standard InChI is InChI=1S/C30H37N5O2S/c1-3-38-23-9-10-28(37-22-7-5-4-6-8-22)24(15-23)26-19-34(2)30(36)29-25(26)16-27(33-29)20-17-32-35(18-20)21-11-13-31-14-12-21/h9-10,15-19,21-22,31,33H,3-8,11-14H2,1-2H3. The Morgan fingerprint density at radius 3 is 2.66 bits per heavy atom. The Labute approximate surface area is 228 Å². The van der Waals surface area contributed by atoms with Crippen molar-refractivity contribution in [1.82, 2.24) is 24.6 Å². The van der Waals surface area contributed by atoms with E-state index in [1.165, 1.54) is 24.2 Å². The lowest BCUT2D eigenvalue weighted by Gasteiger charge is -2.25. The van der Waals surface area contributed by atoms with Crippen LogP contribution in [0.2, 0.25) is 0 Å². The number of rotatable bonds is 7. The minimum absolute atomic E-state index is 0.0328. The Hall–Kier alpha value is -2.97. The van der Waals surface area contributed by atoms with Crippen molar-refractivity contribution in [2.24, 2.45) is 7.05 Å². The molecule has 0 bridgehead atoms. The van der Waals surface area contributed by atoms with Crippen molar-refractivity contribution >= 4 is 22.7 Å². The first-order chi connectivity index (χ1) is 18.6. The SMILES string of the molecule is CCSc1ccc(OC2CCCCC2)c(-c2cn(C)c(=O)c3[nH]c(-c4cnn(C5CCNCC5)c4)cc23)c1. The van der Waals surface area contributed by atoms with Crippen molar-refractivity contribution in [3.63, 3.8) is 0 Å². The van der Waals surface area contributed by atoms with Gasteiger partial charge < -0.3 is 19.6 Å². The molecule has 1 saturated heterocycles. The fourth-order valence-corrected chi connectivity index (χ4v) is 6.59. The molecule has 1 aromatic carbocycles. The molecular formula is C30H37N5O2S. The van der Waals surface area contributed by atoms with Gasteiger partial charge in [0.15, 0.2) is 0 Å². The Bertz CT molecular complexity index is 1470. The van der Waals surface area contributed by atoms with Crippen LogP contribution in [-0.2, 0) is 7.05 Å². The van der Waals surface area contributed by atoms with E-state index in [9.17, 15) is 4.79 Å². The Morgan fingerprint density at radius 1 is 1.05 bits per heavy atom. The number of hydrogen-bond donors (Lipinski definition) is 2. The van der Waals surface area contributed by atoms with E-state index in [4.69, 9.17) is 4.74 Å². The molecule has 1 aliphatic carbocycles. The molecule has 0 radical (unpaired) electrons. The van der Waals surface area contributed by atoms with E-state index >= 15 is 0 Å². The minimum atomic E-state index is -0.0328. The molecule has 200 valence electrons. The van der Waals surface area contributed by atoms with Crippen LogP contribution in [0.15, 0.2) is 52.5 Å². The van der Waals surface area contributed by atoms with E-state index in [-0.39, 0.29) is 11.7 Å². The Balaban J connectivity index is 1.44. The molecule has 1 aliphatic heterocycles. The van der Waals surface area contributed by atoms with Crippen LogP contribution in [0.3, 0.4) is 0 Å². The first kappa shape index (κ1) is 25.3. The maximum absolute atomic E-state index is 13.2. The van der Waals surface area contributed by atoms with Gasteiger partial charge in [0, 0.05) is 52.1 Å². The smallest absolute Gasteiger partial charge is 0.274 e. The fourth-order valence-electron chi connectivity index (χ4n) is 5.89. The van der Waals surface area contributed by atoms with Crippen LogP contribution >= 0.6 is 11.8 Å². The van der Waals surface area contributed by atoms with Crippen molar-refractivity contribution < 1.29 is 4.74 Å². The highest BCUT2D eigenvalue weighted by Crippen LogP contribution is 2.40. The fraction of sp³-hybridized carbons (Fsp3) is 0.467. The maximum atomic E-state index is 13.2. The zero-order valence-electron chi connectivity index (χ0n) is 22.3. The molecule has 1 saturated carbocycles. The molecule has 8 heteroatoms. The number of pyridine rings is 1. The maximum Gasteiger partial charge on any atom is 0.274 e. The highest BCUT2D eigenvalue weighted by atomic mass is 32.2. The van der Waals surface area contributed by atoms with Crippen LogP contribution < -0.4 is 15.6 Å². The summed E-state index contributed by atoms with van der Waals surface area (Å²) < 4.78 is 10.4. The number of benzene rings is 1. The lowest BCUT2D eigenvalue weighted by molar-refractivity contribution is 0.155. The van der Waals surface area contributed by atoms with Crippen LogP contribution in [0, 0.1) is 0 Å². The van der Waals surface area contributed by atoms with E-state index in [2.05, 4.69) is 57.5 Å². The predicted octanol–water partition coefficient (Wildman–Crippen LogP) is 6.15. The molecule has 2 N–H and O–H groups in total. The van der Waals surface area contributed by atoms with Crippen molar-refractivity contribution in [3.05, 3.63) is 53.2 Å². The summed E-state index contributed by atoms with van der Waals surface area (Å²) in [5.41, 5.74) is 4.56. The number of aromatic amines is 1. The van der Waals surface area contributed by atoms with Crippen LogP contribution in [0.4, 0.5) is 0 Å². The van der Waals surface area contributed by atoms with Crippen molar-refractivity contribution in [3.8, 4) is 28.1 Å². The molecule has 0 spiro atoms. The molecule has 0 unspecified atom stereocenters. The largest absolute Gasteiger partial charge is 0.490 e. The van der Waals surface area contributed by atoms with E-state index in [1.54, 1.807) is 4.57 Å². The molecule has 6 rings (SSSR count). The van der Waals surface area contributed by atoms with Gasteiger partial charge >= 0.3 is 0 Å². The lowest BCUT2D eigenvalue weighted by Crippen LogP contribution is -2.29. The topological polar surface area (TPSA) is 76.9 Å². The number of nitrogens with zero attached hydrogens (tertiary/aromatic N) is 3. The summed E-state index contributed by atoms with van der Waals surface area (Å²) in [4.78, 5) is 17.9. The Kier molecular flexibility index (Phi) is 7.34. The molecule has 4 heterocycles. The van der Waals surface area contributed by atoms with Crippen molar-refractivity contribution in [2.45, 2.75) is 68.9 Å². The molecule has 2 fully saturated rings. The lowest BCUT2D eigenvalue weighted by atomic mass is 9.97.